The van der Waals surface area contributed by atoms with Crippen molar-refractivity contribution in [1.82, 2.24) is 4.90 Å². The summed E-state index contributed by atoms with van der Waals surface area (Å²) in [6.45, 7) is 2.69. The van der Waals surface area contributed by atoms with E-state index in [-0.39, 0.29) is 11.9 Å². The zero-order valence-electron chi connectivity index (χ0n) is 20.6. The number of amidine groups is 1. The molecule has 7 heteroatoms. The Hall–Kier alpha value is -2.35. The van der Waals surface area contributed by atoms with Crippen LogP contribution in [0.1, 0.15) is 43.7 Å². The summed E-state index contributed by atoms with van der Waals surface area (Å²) in [4.78, 5) is 21.4. The van der Waals surface area contributed by atoms with Crippen LogP contribution in [0.2, 0.25) is 0 Å². The molecular weight excluding hydrogens is 612 g/mol. The van der Waals surface area contributed by atoms with Crippen molar-refractivity contribution >= 4 is 66.5 Å². The van der Waals surface area contributed by atoms with Crippen molar-refractivity contribution in [1.29, 1.82) is 0 Å². The number of halogens is 2. The van der Waals surface area contributed by atoms with Crippen LogP contribution in [0.25, 0.3) is 6.08 Å². The summed E-state index contributed by atoms with van der Waals surface area (Å²) in [5.74, 6) is 1.16. The van der Waals surface area contributed by atoms with Crippen molar-refractivity contribution in [2.75, 3.05) is 0 Å². The first kappa shape index (κ1) is 26.3. The molecule has 0 unspecified atom stereocenters. The van der Waals surface area contributed by atoms with Gasteiger partial charge in [0.15, 0.2) is 5.17 Å². The predicted molar refractivity (Wildman–Crippen MR) is 160 cm³/mol. The third-order valence-corrected chi connectivity index (χ3v) is 8.80. The second-order valence-electron chi connectivity index (χ2n) is 9.43. The maximum Gasteiger partial charge on any atom is 0.267 e. The Morgan fingerprint density at radius 2 is 1.73 bits per heavy atom. The highest BCUT2D eigenvalue weighted by Gasteiger charge is 2.41. The molecule has 2 fully saturated rings. The molecule has 1 aliphatic carbocycles. The van der Waals surface area contributed by atoms with Gasteiger partial charge in [-0.05, 0) is 82.4 Å². The average Bonchev–Trinajstić information content (AvgIpc) is 3.19. The third kappa shape index (κ3) is 6.21. The van der Waals surface area contributed by atoms with Gasteiger partial charge < -0.3 is 4.74 Å². The Morgan fingerprint density at radius 1 is 1.03 bits per heavy atom. The van der Waals surface area contributed by atoms with Crippen molar-refractivity contribution in [2.45, 2.75) is 45.3 Å². The Kier molecular flexibility index (Phi) is 8.53. The highest BCUT2D eigenvalue weighted by atomic mass is 79.9. The maximum atomic E-state index is 13.9. The lowest BCUT2D eigenvalue weighted by molar-refractivity contribution is -0.124. The molecule has 1 heterocycles. The number of benzene rings is 3. The molecule has 1 saturated heterocycles. The molecule has 0 N–H and O–H groups in total. The monoisotopic (exact) mass is 638 g/mol. The van der Waals surface area contributed by atoms with Crippen molar-refractivity contribution in [2.24, 2.45) is 10.9 Å². The van der Waals surface area contributed by atoms with Crippen LogP contribution >= 0.6 is 43.6 Å². The predicted octanol–water partition coefficient (Wildman–Crippen LogP) is 8.97. The van der Waals surface area contributed by atoms with E-state index in [1.165, 1.54) is 18.2 Å². The van der Waals surface area contributed by atoms with Gasteiger partial charge in [-0.1, -0.05) is 84.2 Å². The van der Waals surface area contributed by atoms with Crippen LogP contribution in [0.15, 0.2) is 91.6 Å². The molecule has 1 saturated carbocycles. The number of hydrogen-bond acceptors (Lipinski definition) is 4. The fourth-order valence-corrected chi connectivity index (χ4v) is 7.27. The number of hydrogen-bond donors (Lipinski definition) is 0. The minimum absolute atomic E-state index is 0.0172. The molecule has 1 aliphatic heterocycles. The van der Waals surface area contributed by atoms with Gasteiger partial charge in [-0.15, -0.1) is 0 Å². The summed E-state index contributed by atoms with van der Waals surface area (Å²) in [5, 5.41) is 0.752. The summed E-state index contributed by atoms with van der Waals surface area (Å²) in [6, 6.07) is 24.1. The van der Waals surface area contributed by atoms with E-state index in [9.17, 15) is 4.79 Å². The van der Waals surface area contributed by atoms with Crippen LogP contribution in [-0.4, -0.2) is 22.0 Å². The molecule has 3 aromatic rings. The number of ether oxygens (including phenoxy) is 1. The lowest BCUT2D eigenvalue weighted by Gasteiger charge is -2.35. The van der Waals surface area contributed by atoms with Crippen molar-refractivity contribution in [3.63, 3.8) is 0 Å². The zero-order valence-corrected chi connectivity index (χ0v) is 24.6. The second-order valence-corrected chi connectivity index (χ2v) is 12.2. The molecule has 5 rings (SSSR count). The van der Waals surface area contributed by atoms with Gasteiger partial charge in [0.1, 0.15) is 12.4 Å². The number of aliphatic imine (C=N–C) groups is 1. The molecule has 0 radical (unpaired) electrons. The first-order valence-electron chi connectivity index (χ1n) is 12.5. The van der Waals surface area contributed by atoms with Crippen LogP contribution < -0.4 is 4.74 Å². The van der Waals surface area contributed by atoms with Crippen LogP contribution in [-0.2, 0) is 11.4 Å². The molecule has 2 atom stereocenters. The minimum Gasteiger partial charge on any atom is -0.487 e. The third-order valence-electron chi connectivity index (χ3n) is 6.77. The quantitative estimate of drug-likeness (QED) is 0.253. The SMILES string of the molecule is C[C@@H]1CCCC[C@@H]1N1C(=O)/C(=C/c2cc(Br)cc(Br)c2OCc2ccccc2)SC1=Nc1ccccc1. The van der Waals surface area contributed by atoms with Crippen LogP contribution in [0.4, 0.5) is 5.69 Å². The lowest BCUT2D eigenvalue weighted by Crippen LogP contribution is -2.44. The number of carbonyl (C=O) groups excluding carboxylic acids is 1. The van der Waals surface area contributed by atoms with Crippen LogP contribution in [0.5, 0.6) is 5.75 Å². The van der Waals surface area contributed by atoms with Gasteiger partial charge in [-0.2, -0.15) is 0 Å². The Bertz CT molecular complexity index is 1330. The highest BCUT2D eigenvalue weighted by Crippen LogP contribution is 2.42. The van der Waals surface area contributed by atoms with Gasteiger partial charge in [0.2, 0.25) is 0 Å². The highest BCUT2D eigenvalue weighted by molar-refractivity contribution is 9.11. The van der Waals surface area contributed by atoms with E-state index in [2.05, 4.69) is 38.8 Å². The van der Waals surface area contributed by atoms with Gasteiger partial charge >= 0.3 is 0 Å². The molecule has 1 amide bonds. The van der Waals surface area contributed by atoms with Crippen molar-refractivity contribution in [3.8, 4) is 5.75 Å². The summed E-state index contributed by atoms with van der Waals surface area (Å²) in [5.41, 5.74) is 2.77. The van der Waals surface area contributed by atoms with E-state index < -0.39 is 0 Å². The summed E-state index contributed by atoms with van der Waals surface area (Å²) in [6.07, 6.45) is 6.43. The number of amides is 1. The maximum absolute atomic E-state index is 13.9. The topological polar surface area (TPSA) is 41.9 Å². The van der Waals surface area contributed by atoms with E-state index in [4.69, 9.17) is 9.73 Å². The molecule has 0 aromatic heterocycles. The van der Waals surface area contributed by atoms with Crippen LogP contribution in [0, 0.1) is 5.92 Å². The van der Waals surface area contributed by atoms with Gasteiger partial charge in [0, 0.05) is 16.1 Å². The number of thioether (sulfide) groups is 1. The molecular formula is C30H28Br2N2O2S. The molecule has 4 nitrogen and oxygen atoms in total. The molecule has 2 aliphatic rings. The van der Waals surface area contributed by atoms with Gasteiger partial charge in [0.05, 0.1) is 15.1 Å². The second kappa shape index (κ2) is 12.0. The van der Waals surface area contributed by atoms with Gasteiger partial charge in [0.25, 0.3) is 5.91 Å². The summed E-state index contributed by atoms with van der Waals surface area (Å²) >= 11 is 8.72. The minimum atomic E-state index is 0.0172. The van der Waals surface area contributed by atoms with Crippen LogP contribution in [0.3, 0.4) is 0 Å². The average molecular weight is 640 g/mol. The lowest BCUT2D eigenvalue weighted by atomic mass is 9.85. The zero-order chi connectivity index (χ0) is 25.8. The Balaban J connectivity index is 1.51. The normalized spacial score (nSPS) is 22.1. The summed E-state index contributed by atoms with van der Waals surface area (Å²) < 4.78 is 8.00. The summed E-state index contributed by atoms with van der Waals surface area (Å²) in [7, 11) is 0. The van der Waals surface area contributed by atoms with E-state index in [0.29, 0.717) is 23.2 Å². The smallest absolute Gasteiger partial charge is 0.267 e. The molecule has 3 aromatic carbocycles. The Labute approximate surface area is 239 Å². The molecule has 190 valence electrons. The fourth-order valence-electron chi connectivity index (χ4n) is 4.86. The first-order valence-corrected chi connectivity index (χ1v) is 14.9. The largest absolute Gasteiger partial charge is 0.487 e. The van der Waals surface area contributed by atoms with Crippen molar-refractivity contribution < 1.29 is 9.53 Å². The van der Waals surface area contributed by atoms with E-state index >= 15 is 0 Å². The van der Waals surface area contributed by atoms with E-state index in [1.54, 1.807) is 0 Å². The molecule has 0 bridgehead atoms. The fraction of sp³-hybridized carbons (Fsp3) is 0.267. The Morgan fingerprint density at radius 3 is 2.46 bits per heavy atom. The van der Waals surface area contributed by atoms with Gasteiger partial charge in [-0.25, -0.2) is 4.99 Å². The number of para-hydroxylation sites is 1. The first-order chi connectivity index (χ1) is 18.0. The molecule has 0 spiro atoms. The standard InChI is InChI=1S/C30H28Br2N2O2S/c1-20-10-8-9-15-26(20)34-29(35)27(37-30(34)33-24-13-6-3-7-14-24)17-22-16-23(31)18-25(32)28(22)36-19-21-11-4-2-5-12-21/h2-7,11-14,16-18,20,26H,8-10,15,19H2,1H3/b27-17-,33-30?/t20-,26+/m1/s1. The number of carbonyl (C=O) groups is 1. The van der Waals surface area contributed by atoms with Gasteiger partial charge in [-0.3, -0.25) is 9.69 Å². The number of rotatable bonds is 6. The number of nitrogens with zero attached hydrogens (tertiary/aromatic N) is 2. The molecule has 37 heavy (non-hydrogen) atoms. The van der Waals surface area contributed by atoms with Crippen molar-refractivity contribution in [3.05, 3.63) is 97.8 Å². The van der Waals surface area contributed by atoms with E-state index in [0.717, 1.165) is 50.2 Å². The van der Waals surface area contributed by atoms with E-state index in [1.807, 2.05) is 83.8 Å².